The van der Waals surface area contributed by atoms with Crippen LogP contribution in [0.1, 0.15) is 49.0 Å². The van der Waals surface area contributed by atoms with Crippen LogP contribution in [-0.4, -0.2) is 29.8 Å². The molecule has 29 heavy (non-hydrogen) atoms. The van der Waals surface area contributed by atoms with Gasteiger partial charge in [0.05, 0.1) is 0 Å². The summed E-state index contributed by atoms with van der Waals surface area (Å²) in [6, 6.07) is 5.04. The van der Waals surface area contributed by atoms with Gasteiger partial charge < -0.3 is 14.6 Å². The summed E-state index contributed by atoms with van der Waals surface area (Å²) in [5.74, 6) is -0.334. The number of esters is 2. The van der Waals surface area contributed by atoms with Gasteiger partial charge in [0.25, 0.3) is 0 Å². The average Bonchev–Trinajstić information content (AvgIpc) is 2.68. The molecule has 0 aliphatic carbocycles. The Hall–Kier alpha value is -2.82. The van der Waals surface area contributed by atoms with E-state index in [9.17, 15) is 14.7 Å². The molecule has 1 heterocycles. The number of rotatable bonds is 5. The number of benzene rings is 1. The van der Waals surface area contributed by atoms with Gasteiger partial charge in [-0.05, 0) is 42.7 Å². The van der Waals surface area contributed by atoms with E-state index in [1.807, 2.05) is 12.1 Å². The van der Waals surface area contributed by atoms with Crippen molar-refractivity contribution in [2.24, 2.45) is 11.8 Å². The molecule has 0 radical (unpaired) electrons. The standard InChI is InChI=1S/C24H30O5/c1-4-15-28-22(26)14-8-12-20-16-18(3)17(2)9-5-6-10-19-11-7-13-21(25)23(19)24(27)29-20/h4-8,11,13-14,17-18,20,25H,1,9-10,12,15-16H2,2-3H3/b6-5+,14-8+/t17-,18+,20-/m0/s1. The zero-order valence-electron chi connectivity index (χ0n) is 17.2. The largest absolute Gasteiger partial charge is 0.507 e. The number of carbonyl (C=O) groups excluding carboxylic acids is 2. The van der Waals surface area contributed by atoms with E-state index in [1.165, 1.54) is 18.2 Å². The number of ether oxygens (including phenoxy) is 2. The fraction of sp³-hybridized carbons (Fsp3) is 0.417. The Balaban J connectivity index is 2.22. The van der Waals surface area contributed by atoms with E-state index in [2.05, 4.69) is 26.5 Å². The Kier molecular flexibility index (Phi) is 8.71. The van der Waals surface area contributed by atoms with Crippen LogP contribution >= 0.6 is 0 Å². The molecule has 1 N–H and O–H groups in total. The minimum Gasteiger partial charge on any atom is -0.507 e. The van der Waals surface area contributed by atoms with Crippen molar-refractivity contribution >= 4 is 11.9 Å². The van der Waals surface area contributed by atoms with Gasteiger partial charge in [-0.3, -0.25) is 0 Å². The van der Waals surface area contributed by atoms with E-state index in [0.717, 1.165) is 12.0 Å². The average molecular weight is 398 g/mol. The van der Waals surface area contributed by atoms with Crippen LogP contribution in [0.5, 0.6) is 5.75 Å². The first-order valence-electron chi connectivity index (χ1n) is 10.0. The van der Waals surface area contributed by atoms with E-state index in [1.54, 1.807) is 12.1 Å². The number of carbonyl (C=O) groups is 2. The Morgan fingerprint density at radius 3 is 2.86 bits per heavy atom. The zero-order chi connectivity index (χ0) is 21.2. The van der Waals surface area contributed by atoms with Gasteiger partial charge >= 0.3 is 11.9 Å². The highest BCUT2D eigenvalue weighted by Gasteiger charge is 2.24. The van der Waals surface area contributed by atoms with E-state index in [4.69, 9.17) is 9.47 Å². The molecular formula is C24H30O5. The van der Waals surface area contributed by atoms with Crippen molar-refractivity contribution in [3.63, 3.8) is 0 Å². The molecule has 156 valence electrons. The predicted octanol–water partition coefficient (Wildman–Crippen LogP) is 4.76. The molecule has 0 fully saturated rings. The van der Waals surface area contributed by atoms with Crippen LogP contribution in [0.4, 0.5) is 0 Å². The molecule has 1 aromatic carbocycles. The first kappa shape index (κ1) is 22.5. The van der Waals surface area contributed by atoms with Crippen molar-refractivity contribution in [2.75, 3.05) is 6.61 Å². The molecule has 2 rings (SSSR count). The quantitative estimate of drug-likeness (QED) is 0.440. The van der Waals surface area contributed by atoms with Crippen molar-refractivity contribution in [2.45, 2.75) is 45.6 Å². The summed E-state index contributed by atoms with van der Waals surface area (Å²) in [6.45, 7) is 7.97. The third-order valence-electron chi connectivity index (χ3n) is 5.22. The summed E-state index contributed by atoms with van der Waals surface area (Å²) in [6.07, 6.45) is 10.8. The second-order valence-electron chi connectivity index (χ2n) is 7.50. The fourth-order valence-corrected chi connectivity index (χ4v) is 3.30. The summed E-state index contributed by atoms with van der Waals surface area (Å²) in [4.78, 5) is 24.5. The van der Waals surface area contributed by atoms with Crippen LogP contribution < -0.4 is 0 Å². The number of fused-ring (bicyclic) bond motifs is 1. The first-order valence-corrected chi connectivity index (χ1v) is 10.0. The van der Waals surface area contributed by atoms with Crippen molar-refractivity contribution < 1.29 is 24.2 Å². The molecule has 3 atom stereocenters. The molecule has 0 unspecified atom stereocenters. The highest BCUT2D eigenvalue weighted by Crippen LogP contribution is 2.28. The van der Waals surface area contributed by atoms with Crippen molar-refractivity contribution in [1.29, 1.82) is 0 Å². The summed E-state index contributed by atoms with van der Waals surface area (Å²) >= 11 is 0. The normalized spacial score (nSPS) is 23.9. The van der Waals surface area contributed by atoms with Gasteiger partial charge in [0.2, 0.25) is 0 Å². The van der Waals surface area contributed by atoms with Gasteiger partial charge in [-0.1, -0.05) is 56.9 Å². The second-order valence-corrected chi connectivity index (χ2v) is 7.50. The zero-order valence-corrected chi connectivity index (χ0v) is 17.2. The molecule has 0 saturated carbocycles. The van der Waals surface area contributed by atoms with Gasteiger partial charge in [0.15, 0.2) is 0 Å². The molecule has 5 nitrogen and oxygen atoms in total. The number of hydrogen-bond donors (Lipinski definition) is 1. The molecule has 0 saturated heterocycles. The number of allylic oxidation sites excluding steroid dienone is 2. The summed E-state index contributed by atoms with van der Waals surface area (Å²) in [7, 11) is 0. The van der Waals surface area contributed by atoms with Gasteiger partial charge in [-0.2, -0.15) is 0 Å². The minimum absolute atomic E-state index is 0.0818. The SMILES string of the molecule is C=CCOC(=O)/C=C/C[C@H]1C[C@@H](C)[C@@H](C)C/C=C/Cc2cccc(O)c2C(=O)O1. The molecule has 0 bridgehead atoms. The van der Waals surface area contributed by atoms with Gasteiger partial charge in [-0.25, -0.2) is 9.59 Å². The van der Waals surface area contributed by atoms with Crippen molar-refractivity contribution in [3.05, 3.63) is 66.3 Å². The van der Waals surface area contributed by atoms with Crippen LogP contribution in [-0.2, 0) is 20.7 Å². The van der Waals surface area contributed by atoms with Gasteiger partial charge in [0, 0.05) is 12.5 Å². The van der Waals surface area contributed by atoms with Crippen LogP contribution in [0, 0.1) is 11.8 Å². The lowest BCUT2D eigenvalue weighted by Gasteiger charge is -2.25. The Morgan fingerprint density at radius 2 is 2.10 bits per heavy atom. The van der Waals surface area contributed by atoms with E-state index in [-0.39, 0.29) is 17.9 Å². The molecule has 1 aromatic rings. The molecule has 0 amide bonds. The Bertz CT molecular complexity index is 777. The van der Waals surface area contributed by atoms with Gasteiger partial charge in [0.1, 0.15) is 24.0 Å². The third kappa shape index (κ3) is 6.93. The minimum atomic E-state index is -0.542. The smallest absolute Gasteiger partial charge is 0.342 e. The summed E-state index contributed by atoms with van der Waals surface area (Å²) in [5.41, 5.74) is 0.938. The maximum absolute atomic E-state index is 12.8. The Morgan fingerprint density at radius 1 is 1.31 bits per heavy atom. The highest BCUT2D eigenvalue weighted by molar-refractivity contribution is 5.94. The van der Waals surface area contributed by atoms with Crippen molar-refractivity contribution in [1.82, 2.24) is 0 Å². The predicted molar refractivity (Wildman–Crippen MR) is 113 cm³/mol. The molecule has 1 aliphatic rings. The lowest BCUT2D eigenvalue weighted by Crippen LogP contribution is -2.24. The van der Waals surface area contributed by atoms with Crippen LogP contribution in [0.25, 0.3) is 0 Å². The number of aromatic hydroxyl groups is 1. The first-order chi connectivity index (χ1) is 13.9. The maximum Gasteiger partial charge on any atom is 0.342 e. The van der Waals surface area contributed by atoms with E-state index < -0.39 is 18.0 Å². The third-order valence-corrected chi connectivity index (χ3v) is 5.22. The molecule has 0 spiro atoms. The number of phenols is 1. The molecule has 1 aliphatic heterocycles. The van der Waals surface area contributed by atoms with Crippen molar-refractivity contribution in [3.8, 4) is 5.75 Å². The van der Waals surface area contributed by atoms with Crippen LogP contribution in [0.15, 0.2) is 55.2 Å². The van der Waals surface area contributed by atoms with Crippen LogP contribution in [0.2, 0.25) is 0 Å². The summed E-state index contributed by atoms with van der Waals surface area (Å²) in [5, 5.41) is 10.2. The second kappa shape index (κ2) is 11.2. The number of cyclic esters (lactones) is 1. The number of phenolic OH excluding ortho intramolecular Hbond substituents is 1. The Labute approximate surface area is 172 Å². The van der Waals surface area contributed by atoms with E-state index >= 15 is 0 Å². The summed E-state index contributed by atoms with van der Waals surface area (Å²) < 4.78 is 10.7. The lowest BCUT2D eigenvalue weighted by atomic mass is 9.87. The molecule has 0 aromatic heterocycles. The topological polar surface area (TPSA) is 72.8 Å². The van der Waals surface area contributed by atoms with E-state index in [0.29, 0.717) is 31.1 Å². The number of hydrogen-bond acceptors (Lipinski definition) is 5. The lowest BCUT2D eigenvalue weighted by molar-refractivity contribution is -0.136. The maximum atomic E-state index is 12.8. The highest BCUT2D eigenvalue weighted by atomic mass is 16.5. The molecular weight excluding hydrogens is 368 g/mol. The van der Waals surface area contributed by atoms with Crippen LogP contribution in [0.3, 0.4) is 0 Å². The molecule has 5 heteroatoms. The van der Waals surface area contributed by atoms with Gasteiger partial charge in [-0.15, -0.1) is 0 Å². The fourth-order valence-electron chi connectivity index (χ4n) is 3.30. The monoisotopic (exact) mass is 398 g/mol.